The standard InChI is InChI=1S/C17H17BrN2O3S/c1-11-10-15(8-9-16(11)18)24(22,23)20-14-6-4-13(5-7-14)19-17(21)12-2-3-12/h4-10,12,20H,2-3H2,1H3,(H,19,21). The van der Waals surface area contributed by atoms with Crippen LogP contribution in [0.4, 0.5) is 11.4 Å². The van der Waals surface area contributed by atoms with E-state index in [1.807, 2.05) is 6.92 Å². The third kappa shape index (κ3) is 3.96. The Morgan fingerprint density at radius 3 is 2.29 bits per heavy atom. The smallest absolute Gasteiger partial charge is 0.261 e. The molecule has 0 heterocycles. The molecule has 0 bridgehead atoms. The fraction of sp³-hybridized carbons (Fsp3) is 0.235. The minimum Gasteiger partial charge on any atom is -0.326 e. The molecule has 7 heteroatoms. The van der Waals surface area contributed by atoms with E-state index in [1.54, 1.807) is 42.5 Å². The summed E-state index contributed by atoms with van der Waals surface area (Å²) >= 11 is 3.36. The van der Waals surface area contributed by atoms with Crippen molar-refractivity contribution >= 4 is 43.2 Å². The Hall–Kier alpha value is -1.86. The lowest BCUT2D eigenvalue weighted by atomic mass is 10.2. The summed E-state index contributed by atoms with van der Waals surface area (Å²) in [6.07, 6.45) is 1.88. The normalized spacial score (nSPS) is 14.2. The van der Waals surface area contributed by atoms with Crippen LogP contribution in [0.1, 0.15) is 18.4 Å². The van der Waals surface area contributed by atoms with Crippen LogP contribution in [-0.4, -0.2) is 14.3 Å². The number of amides is 1. The van der Waals surface area contributed by atoms with Crippen LogP contribution in [0.25, 0.3) is 0 Å². The summed E-state index contributed by atoms with van der Waals surface area (Å²) in [6.45, 7) is 1.83. The lowest BCUT2D eigenvalue weighted by molar-refractivity contribution is -0.117. The van der Waals surface area contributed by atoms with Crippen LogP contribution in [0.2, 0.25) is 0 Å². The van der Waals surface area contributed by atoms with Crippen LogP contribution < -0.4 is 10.0 Å². The number of nitrogens with one attached hydrogen (secondary N) is 2. The van der Waals surface area contributed by atoms with Crippen molar-refractivity contribution in [3.05, 3.63) is 52.5 Å². The lowest BCUT2D eigenvalue weighted by Crippen LogP contribution is -2.14. The number of anilines is 2. The third-order valence-electron chi connectivity index (χ3n) is 3.79. The van der Waals surface area contributed by atoms with Gasteiger partial charge in [0.25, 0.3) is 10.0 Å². The van der Waals surface area contributed by atoms with Gasteiger partial charge >= 0.3 is 0 Å². The summed E-state index contributed by atoms with van der Waals surface area (Å²) in [5.74, 6) is 0.150. The van der Waals surface area contributed by atoms with Crippen LogP contribution in [-0.2, 0) is 14.8 Å². The van der Waals surface area contributed by atoms with E-state index in [4.69, 9.17) is 0 Å². The zero-order valence-electron chi connectivity index (χ0n) is 13.0. The molecule has 0 aliphatic heterocycles. The summed E-state index contributed by atoms with van der Waals surface area (Å²) in [6, 6.07) is 11.5. The molecule has 3 rings (SSSR count). The highest BCUT2D eigenvalue weighted by atomic mass is 79.9. The van der Waals surface area contributed by atoms with Gasteiger partial charge in [-0.2, -0.15) is 0 Å². The molecule has 2 aromatic rings. The van der Waals surface area contributed by atoms with E-state index >= 15 is 0 Å². The first kappa shape index (κ1) is 17.0. The number of hydrogen-bond acceptors (Lipinski definition) is 3. The van der Waals surface area contributed by atoms with Gasteiger partial charge < -0.3 is 5.32 Å². The summed E-state index contributed by atoms with van der Waals surface area (Å²) in [7, 11) is -3.65. The van der Waals surface area contributed by atoms with Crippen molar-refractivity contribution in [2.24, 2.45) is 5.92 Å². The van der Waals surface area contributed by atoms with E-state index in [1.165, 1.54) is 0 Å². The Kier molecular flexibility index (Phi) is 4.64. The van der Waals surface area contributed by atoms with Crippen molar-refractivity contribution in [3.8, 4) is 0 Å². The largest absolute Gasteiger partial charge is 0.326 e. The van der Waals surface area contributed by atoms with Gasteiger partial charge in [-0.15, -0.1) is 0 Å². The highest BCUT2D eigenvalue weighted by Crippen LogP contribution is 2.30. The molecule has 5 nitrogen and oxygen atoms in total. The zero-order chi connectivity index (χ0) is 17.3. The number of halogens is 1. The number of sulfonamides is 1. The van der Waals surface area contributed by atoms with E-state index in [2.05, 4.69) is 26.0 Å². The van der Waals surface area contributed by atoms with Crippen molar-refractivity contribution in [2.45, 2.75) is 24.7 Å². The van der Waals surface area contributed by atoms with E-state index in [0.717, 1.165) is 22.9 Å². The molecule has 1 fully saturated rings. The average Bonchev–Trinajstić information content (AvgIpc) is 3.36. The SMILES string of the molecule is Cc1cc(S(=O)(=O)Nc2ccc(NC(=O)C3CC3)cc2)ccc1Br. The van der Waals surface area contributed by atoms with Crippen LogP contribution in [0.15, 0.2) is 51.8 Å². The molecular weight excluding hydrogens is 392 g/mol. The second kappa shape index (κ2) is 6.57. The summed E-state index contributed by atoms with van der Waals surface area (Å²) < 4.78 is 28.3. The number of carbonyl (C=O) groups excluding carboxylic acids is 1. The van der Waals surface area contributed by atoms with Crippen molar-refractivity contribution in [1.29, 1.82) is 0 Å². The quantitative estimate of drug-likeness (QED) is 0.787. The van der Waals surface area contributed by atoms with E-state index in [0.29, 0.717) is 11.4 Å². The summed E-state index contributed by atoms with van der Waals surface area (Å²) in [5.41, 5.74) is 1.95. The molecule has 1 aliphatic carbocycles. The van der Waals surface area contributed by atoms with Crippen molar-refractivity contribution < 1.29 is 13.2 Å². The number of carbonyl (C=O) groups is 1. The number of rotatable bonds is 5. The van der Waals surface area contributed by atoms with Crippen LogP contribution in [0, 0.1) is 12.8 Å². The van der Waals surface area contributed by atoms with Crippen LogP contribution >= 0.6 is 15.9 Å². The van der Waals surface area contributed by atoms with Gasteiger partial charge in [-0.25, -0.2) is 8.42 Å². The van der Waals surface area contributed by atoms with Gasteiger partial charge in [0.05, 0.1) is 4.90 Å². The molecule has 24 heavy (non-hydrogen) atoms. The van der Waals surface area contributed by atoms with Crippen molar-refractivity contribution in [3.63, 3.8) is 0 Å². The molecule has 0 aromatic heterocycles. The Balaban J connectivity index is 1.72. The van der Waals surface area contributed by atoms with Gasteiger partial charge in [-0.05, 0) is 67.8 Å². The van der Waals surface area contributed by atoms with Gasteiger partial charge in [-0.3, -0.25) is 9.52 Å². The first-order valence-corrected chi connectivity index (χ1v) is 9.83. The van der Waals surface area contributed by atoms with E-state index in [-0.39, 0.29) is 16.7 Å². The Morgan fingerprint density at radius 1 is 1.08 bits per heavy atom. The van der Waals surface area contributed by atoms with Crippen molar-refractivity contribution in [1.82, 2.24) is 0 Å². The first-order chi connectivity index (χ1) is 11.3. The van der Waals surface area contributed by atoms with Gasteiger partial charge in [0.15, 0.2) is 0 Å². The molecule has 2 N–H and O–H groups in total. The Labute approximate surface area is 149 Å². The summed E-state index contributed by atoms with van der Waals surface area (Å²) in [4.78, 5) is 11.9. The molecule has 0 unspecified atom stereocenters. The first-order valence-electron chi connectivity index (χ1n) is 7.55. The molecule has 1 aliphatic rings. The fourth-order valence-corrected chi connectivity index (χ4v) is 3.60. The highest BCUT2D eigenvalue weighted by molar-refractivity contribution is 9.10. The predicted octanol–water partition coefficient (Wildman–Crippen LogP) is 3.91. The Morgan fingerprint density at radius 2 is 1.71 bits per heavy atom. The highest BCUT2D eigenvalue weighted by Gasteiger charge is 2.29. The second-order valence-electron chi connectivity index (χ2n) is 5.86. The molecule has 1 saturated carbocycles. The summed E-state index contributed by atoms with van der Waals surface area (Å²) in [5, 5.41) is 2.82. The van der Waals surface area contributed by atoms with E-state index < -0.39 is 10.0 Å². The maximum absolute atomic E-state index is 12.4. The average molecular weight is 409 g/mol. The topological polar surface area (TPSA) is 75.3 Å². The Bertz CT molecular complexity index is 875. The molecule has 0 radical (unpaired) electrons. The monoisotopic (exact) mass is 408 g/mol. The lowest BCUT2D eigenvalue weighted by Gasteiger charge is -2.10. The molecule has 1 amide bonds. The maximum Gasteiger partial charge on any atom is 0.261 e. The van der Waals surface area contributed by atoms with Crippen LogP contribution in [0.3, 0.4) is 0 Å². The van der Waals surface area contributed by atoms with Crippen molar-refractivity contribution in [2.75, 3.05) is 10.0 Å². The molecular formula is C17H17BrN2O3S. The number of hydrogen-bond donors (Lipinski definition) is 2. The maximum atomic E-state index is 12.4. The van der Waals surface area contributed by atoms with Crippen LogP contribution in [0.5, 0.6) is 0 Å². The molecule has 0 atom stereocenters. The molecule has 2 aromatic carbocycles. The van der Waals surface area contributed by atoms with Gasteiger partial charge in [0.2, 0.25) is 5.91 Å². The molecule has 0 spiro atoms. The third-order valence-corrected chi connectivity index (χ3v) is 6.06. The minimum atomic E-state index is -3.65. The molecule has 126 valence electrons. The van der Waals surface area contributed by atoms with E-state index in [9.17, 15) is 13.2 Å². The number of benzene rings is 2. The second-order valence-corrected chi connectivity index (χ2v) is 8.39. The van der Waals surface area contributed by atoms with Gasteiger partial charge in [0.1, 0.15) is 0 Å². The fourth-order valence-electron chi connectivity index (χ4n) is 2.21. The minimum absolute atomic E-state index is 0.0219. The van der Waals surface area contributed by atoms with Gasteiger partial charge in [-0.1, -0.05) is 15.9 Å². The van der Waals surface area contributed by atoms with Gasteiger partial charge in [0, 0.05) is 21.8 Å². The number of aryl methyl sites for hydroxylation is 1. The molecule has 0 saturated heterocycles. The predicted molar refractivity (Wildman–Crippen MR) is 97.5 cm³/mol. The zero-order valence-corrected chi connectivity index (χ0v) is 15.4.